The average Bonchev–Trinajstić information content (AvgIpc) is 3.33. The fourth-order valence-electron chi connectivity index (χ4n) is 2.94. The van der Waals surface area contributed by atoms with Crippen LogP contribution in [0.4, 0.5) is 0 Å². The number of aryl methyl sites for hydroxylation is 2. The Balaban J connectivity index is 1.79. The highest BCUT2D eigenvalue weighted by Crippen LogP contribution is 2.39. The quantitative estimate of drug-likeness (QED) is 0.883. The Morgan fingerprint density at radius 1 is 1.25 bits per heavy atom. The zero-order valence-corrected chi connectivity index (χ0v) is 14.0. The van der Waals surface area contributed by atoms with E-state index < -0.39 is 11.5 Å². The number of hydrogen-bond donors (Lipinski definition) is 2. The average molecular weight is 327 g/mol. The van der Waals surface area contributed by atoms with Crippen LogP contribution in [0, 0.1) is 19.8 Å². The van der Waals surface area contributed by atoms with Gasteiger partial charge in [0.2, 0.25) is 0 Å². The van der Waals surface area contributed by atoms with E-state index in [1.165, 1.54) is 0 Å². The minimum Gasteiger partial charge on any atom is -0.480 e. The summed E-state index contributed by atoms with van der Waals surface area (Å²) in [4.78, 5) is 23.9. The normalized spacial score (nSPS) is 16.5. The summed E-state index contributed by atoms with van der Waals surface area (Å²) in [5, 5.41) is 16.5. The first-order valence-electron chi connectivity index (χ1n) is 8.01. The SMILES string of the molecule is Cc1cc(C)n(-c2ccc(C(=O)NC(C)(C(=O)O)C3CC3)cc2)n1. The summed E-state index contributed by atoms with van der Waals surface area (Å²) in [6.07, 6.45) is 1.67. The van der Waals surface area contributed by atoms with E-state index in [-0.39, 0.29) is 11.8 Å². The van der Waals surface area contributed by atoms with Crippen LogP contribution in [-0.2, 0) is 4.79 Å². The molecule has 2 aromatic rings. The molecule has 0 saturated heterocycles. The van der Waals surface area contributed by atoms with Crippen LogP contribution in [0.3, 0.4) is 0 Å². The van der Waals surface area contributed by atoms with Gasteiger partial charge in [-0.15, -0.1) is 0 Å². The highest BCUT2D eigenvalue weighted by molar-refractivity contribution is 5.98. The molecule has 1 unspecified atom stereocenters. The first-order chi connectivity index (χ1) is 11.3. The van der Waals surface area contributed by atoms with Crippen LogP contribution in [0.15, 0.2) is 30.3 Å². The van der Waals surface area contributed by atoms with Gasteiger partial charge in [-0.3, -0.25) is 4.79 Å². The molecular weight excluding hydrogens is 306 g/mol. The molecular formula is C18H21N3O3. The summed E-state index contributed by atoms with van der Waals surface area (Å²) in [5.74, 6) is -1.35. The number of carbonyl (C=O) groups is 2. The molecule has 0 spiro atoms. The predicted molar refractivity (Wildman–Crippen MR) is 89.3 cm³/mol. The second-order valence-corrected chi connectivity index (χ2v) is 6.62. The summed E-state index contributed by atoms with van der Waals surface area (Å²) in [6, 6.07) is 8.98. The number of aromatic nitrogens is 2. The molecule has 1 fully saturated rings. The van der Waals surface area contributed by atoms with Gasteiger partial charge in [-0.2, -0.15) is 5.10 Å². The lowest BCUT2D eigenvalue weighted by Gasteiger charge is -2.26. The Labute approximate surface area is 140 Å². The number of aliphatic carboxylic acids is 1. The number of amides is 1. The van der Waals surface area contributed by atoms with Crippen molar-refractivity contribution in [2.24, 2.45) is 5.92 Å². The Kier molecular flexibility index (Phi) is 3.91. The maximum atomic E-state index is 12.4. The highest BCUT2D eigenvalue weighted by Gasteiger charge is 2.48. The first-order valence-corrected chi connectivity index (χ1v) is 8.01. The lowest BCUT2D eigenvalue weighted by atomic mass is 9.95. The van der Waals surface area contributed by atoms with E-state index >= 15 is 0 Å². The van der Waals surface area contributed by atoms with E-state index in [2.05, 4.69) is 10.4 Å². The van der Waals surface area contributed by atoms with Gasteiger partial charge in [0, 0.05) is 11.3 Å². The molecule has 1 atom stereocenters. The molecule has 1 amide bonds. The van der Waals surface area contributed by atoms with E-state index in [1.54, 1.807) is 19.1 Å². The molecule has 2 N–H and O–H groups in total. The van der Waals surface area contributed by atoms with Crippen molar-refractivity contribution in [3.05, 3.63) is 47.3 Å². The van der Waals surface area contributed by atoms with E-state index in [0.29, 0.717) is 5.56 Å². The number of nitrogens with zero attached hydrogens (tertiary/aromatic N) is 2. The molecule has 1 saturated carbocycles. The second-order valence-electron chi connectivity index (χ2n) is 6.62. The smallest absolute Gasteiger partial charge is 0.329 e. The van der Waals surface area contributed by atoms with Crippen LogP contribution in [0.5, 0.6) is 0 Å². The van der Waals surface area contributed by atoms with Crippen LogP contribution in [-0.4, -0.2) is 32.3 Å². The van der Waals surface area contributed by atoms with Crippen molar-refractivity contribution in [1.82, 2.24) is 15.1 Å². The number of hydrogen-bond acceptors (Lipinski definition) is 3. The third kappa shape index (κ3) is 2.91. The number of benzene rings is 1. The third-order valence-corrected chi connectivity index (χ3v) is 4.59. The lowest BCUT2D eigenvalue weighted by Crippen LogP contribution is -2.54. The van der Waals surface area contributed by atoms with Crippen LogP contribution >= 0.6 is 0 Å². The lowest BCUT2D eigenvalue weighted by molar-refractivity contribution is -0.144. The molecule has 1 heterocycles. The maximum absolute atomic E-state index is 12.4. The van der Waals surface area contributed by atoms with Crippen molar-refractivity contribution in [2.75, 3.05) is 0 Å². The van der Waals surface area contributed by atoms with Crippen molar-refractivity contribution in [3.63, 3.8) is 0 Å². The van der Waals surface area contributed by atoms with Gasteiger partial charge in [-0.1, -0.05) is 0 Å². The Hall–Kier alpha value is -2.63. The third-order valence-electron chi connectivity index (χ3n) is 4.59. The molecule has 126 valence electrons. The van der Waals surface area contributed by atoms with Gasteiger partial charge in [0.05, 0.1) is 11.4 Å². The highest BCUT2D eigenvalue weighted by atomic mass is 16.4. The second kappa shape index (κ2) is 5.78. The standard InChI is InChI=1S/C18H21N3O3/c1-11-10-12(2)21(20-11)15-8-4-13(5-9-15)16(22)19-18(3,17(23)24)14-6-7-14/h4-5,8-10,14H,6-7H2,1-3H3,(H,19,22)(H,23,24). The Morgan fingerprint density at radius 3 is 2.33 bits per heavy atom. The number of nitrogens with one attached hydrogen (secondary N) is 1. The monoisotopic (exact) mass is 327 g/mol. The van der Waals surface area contributed by atoms with Crippen molar-refractivity contribution in [3.8, 4) is 5.69 Å². The van der Waals surface area contributed by atoms with Crippen LogP contribution < -0.4 is 5.32 Å². The zero-order valence-electron chi connectivity index (χ0n) is 14.0. The number of carbonyl (C=O) groups excluding carboxylic acids is 1. The number of carboxylic acids is 1. The number of rotatable bonds is 5. The topological polar surface area (TPSA) is 84.2 Å². The maximum Gasteiger partial charge on any atom is 0.329 e. The van der Waals surface area contributed by atoms with Crippen LogP contribution in [0.25, 0.3) is 5.69 Å². The van der Waals surface area contributed by atoms with Gasteiger partial charge in [0.15, 0.2) is 0 Å². The van der Waals surface area contributed by atoms with Crippen molar-refractivity contribution < 1.29 is 14.7 Å². The Morgan fingerprint density at radius 2 is 1.88 bits per heavy atom. The molecule has 6 heteroatoms. The van der Waals surface area contributed by atoms with Gasteiger partial charge >= 0.3 is 5.97 Å². The summed E-state index contributed by atoms with van der Waals surface area (Å²) >= 11 is 0. The largest absolute Gasteiger partial charge is 0.480 e. The van der Waals surface area contributed by atoms with E-state index in [1.807, 2.05) is 36.7 Å². The molecule has 24 heavy (non-hydrogen) atoms. The van der Waals surface area contributed by atoms with Gasteiger partial charge in [0.1, 0.15) is 5.54 Å². The van der Waals surface area contributed by atoms with E-state index in [0.717, 1.165) is 29.9 Å². The fraction of sp³-hybridized carbons (Fsp3) is 0.389. The first kappa shape index (κ1) is 16.2. The summed E-state index contributed by atoms with van der Waals surface area (Å²) < 4.78 is 1.81. The van der Waals surface area contributed by atoms with E-state index in [9.17, 15) is 14.7 Å². The molecule has 1 aromatic carbocycles. The zero-order chi connectivity index (χ0) is 17.5. The van der Waals surface area contributed by atoms with Gasteiger partial charge in [-0.25, -0.2) is 9.48 Å². The minimum atomic E-state index is -1.20. The molecule has 1 aliphatic carbocycles. The van der Waals surface area contributed by atoms with Crippen LogP contribution in [0.1, 0.15) is 41.5 Å². The van der Waals surface area contributed by atoms with Crippen molar-refractivity contribution in [1.29, 1.82) is 0 Å². The molecule has 0 radical (unpaired) electrons. The van der Waals surface area contributed by atoms with Gasteiger partial charge < -0.3 is 10.4 Å². The predicted octanol–water partition coefficient (Wildman–Crippen LogP) is 2.47. The molecule has 1 aliphatic rings. The van der Waals surface area contributed by atoms with Crippen molar-refractivity contribution in [2.45, 2.75) is 39.2 Å². The van der Waals surface area contributed by atoms with Gasteiger partial charge in [0.25, 0.3) is 5.91 Å². The summed E-state index contributed by atoms with van der Waals surface area (Å²) in [7, 11) is 0. The van der Waals surface area contributed by atoms with Gasteiger partial charge in [-0.05, 0) is 69.9 Å². The molecule has 0 aliphatic heterocycles. The van der Waals surface area contributed by atoms with E-state index in [4.69, 9.17) is 0 Å². The Bertz CT molecular complexity index is 790. The minimum absolute atomic E-state index is 0.00734. The molecule has 3 rings (SSSR count). The number of carboxylic acid groups (broad SMARTS) is 1. The van der Waals surface area contributed by atoms with Crippen molar-refractivity contribution >= 4 is 11.9 Å². The van der Waals surface area contributed by atoms with Crippen LogP contribution in [0.2, 0.25) is 0 Å². The molecule has 1 aromatic heterocycles. The fourth-order valence-corrected chi connectivity index (χ4v) is 2.94. The summed E-state index contributed by atoms with van der Waals surface area (Å²) in [6.45, 7) is 5.47. The summed E-state index contributed by atoms with van der Waals surface area (Å²) in [5.41, 5.74) is 2.03. The molecule has 6 nitrogen and oxygen atoms in total. The molecule has 0 bridgehead atoms.